The summed E-state index contributed by atoms with van der Waals surface area (Å²) >= 11 is 7.56. The summed E-state index contributed by atoms with van der Waals surface area (Å²) in [7, 11) is 0. The SMILES string of the molecule is CC(=O)Nc1cc(-c2nc(-c3ccccc3Cl)c(C(C)=O)s2)ccn1. The first-order chi connectivity index (χ1) is 12.0. The van der Waals surface area contributed by atoms with Crippen molar-refractivity contribution in [2.45, 2.75) is 13.8 Å². The maximum absolute atomic E-state index is 12.1. The molecular weight excluding hydrogens is 358 g/mol. The molecule has 0 saturated carbocycles. The number of pyridine rings is 1. The smallest absolute Gasteiger partial charge is 0.222 e. The fourth-order valence-electron chi connectivity index (χ4n) is 2.33. The van der Waals surface area contributed by atoms with Gasteiger partial charge in [-0.05, 0) is 18.2 Å². The highest BCUT2D eigenvalue weighted by Gasteiger charge is 2.19. The highest BCUT2D eigenvalue weighted by atomic mass is 35.5. The van der Waals surface area contributed by atoms with E-state index < -0.39 is 0 Å². The molecular formula is C18H14ClN3O2S. The first-order valence-corrected chi connectivity index (χ1v) is 8.66. The highest BCUT2D eigenvalue weighted by Crippen LogP contribution is 2.37. The van der Waals surface area contributed by atoms with Gasteiger partial charge in [-0.15, -0.1) is 11.3 Å². The average molecular weight is 372 g/mol. The van der Waals surface area contributed by atoms with Gasteiger partial charge in [-0.2, -0.15) is 0 Å². The van der Waals surface area contributed by atoms with Gasteiger partial charge in [0.2, 0.25) is 5.91 Å². The fourth-order valence-corrected chi connectivity index (χ4v) is 3.53. The number of hydrogen-bond acceptors (Lipinski definition) is 5. The van der Waals surface area contributed by atoms with Gasteiger partial charge in [0.25, 0.3) is 0 Å². The summed E-state index contributed by atoms with van der Waals surface area (Å²) in [6.07, 6.45) is 1.59. The largest absolute Gasteiger partial charge is 0.311 e. The zero-order valence-electron chi connectivity index (χ0n) is 13.5. The molecule has 1 N–H and O–H groups in total. The Kier molecular flexibility index (Phi) is 4.92. The van der Waals surface area contributed by atoms with Gasteiger partial charge >= 0.3 is 0 Å². The van der Waals surface area contributed by atoms with Crippen LogP contribution in [-0.4, -0.2) is 21.7 Å². The number of hydrogen-bond donors (Lipinski definition) is 1. The molecule has 0 saturated heterocycles. The van der Waals surface area contributed by atoms with Gasteiger partial charge < -0.3 is 5.32 Å². The predicted molar refractivity (Wildman–Crippen MR) is 100 cm³/mol. The molecule has 0 bridgehead atoms. The lowest BCUT2D eigenvalue weighted by atomic mass is 10.1. The molecule has 0 aliphatic rings. The van der Waals surface area contributed by atoms with Crippen LogP contribution in [0.15, 0.2) is 42.6 Å². The summed E-state index contributed by atoms with van der Waals surface area (Å²) < 4.78 is 0. The van der Waals surface area contributed by atoms with E-state index in [1.807, 2.05) is 18.2 Å². The number of anilines is 1. The van der Waals surface area contributed by atoms with E-state index in [1.54, 1.807) is 24.4 Å². The van der Waals surface area contributed by atoms with Crippen LogP contribution in [0, 0.1) is 0 Å². The Labute approximate surface area is 153 Å². The number of ketones is 1. The van der Waals surface area contributed by atoms with Crippen LogP contribution in [0.3, 0.4) is 0 Å². The predicted octanol–water partition coefficient (Wildman–Crippen LogP) is 4.69. The van der Waals surface area contributed by atoms with E-state index in [9.17, 15) is 9.59 Å². The van der Waals surface area contributed by atoms with Gasteiger partial charge in [0, 0.05) is 31.2 Å². The summed E-state index contributed by atoms with van der Waals surface area (Å²) in [5.74, 6) is 0.156. The molecule has 0 fully saturated rings. The monoisotopic (exact) mass is 371 g/mol. The molecule has 0 unspecified atom stereocenters. The molecule has 1 aromatic carbocycles. The Morgan fingerprint density at radius 1 is 1.16 bits per heavy atom. The second kappa shape index (κ2) is 7.13. The number of nitrogens with one attached hydrogen (secondary N) is 1. The van der Waals surface area contributed by atoms with Crippen LogP contribution >= 0.6 is 22.9 Å². The Morgan fingerprint density at radius 2 is 1.92 bits per heavy atom. The van der Waals surface area contributed by atoms with Gasteiger partial charge in [-0.3, -0.25) is 9.59 Å². The molecule has 25 heavy (non-hydrogen) atoms. The van der Waals surface area contributed by atoms with Gasteiger partial charge in [0.15, 0.2) is 5.78 Å². The number of halogens is 1. The van der Waals surface area contributed by atoms with Gasteiger partial charge in [-0.1, -0.05) is 29.8 Å². The maximum atomic E-state index is 12.1. The van der Waals surface area contributed by atoms with Crippen molar-refractivity contribution in [3.63, 3.8) is 0 Å². The number of rotatable bonds is 4. The average Bonchev–Trinajstić information content (AvgIpc) is 3.00. The zero-order valence-corrected chi connectivity index (χ0v) is 15.1. The fraction of sp³-hybridized carbons (Fsp3) is 0.111. The molecule has 0 aliphatic heterocycles. The van der Waals surface area contributed by atoms with Crippen molar-refractivity contribution in [2.24, 2.45) is 0 Å². The van der Waals surface area contributed by atoms with Crippen molar-refractivity contribution in [3.05, 3.63) is 52.5 Å². The molecule has 3 aromatic rings. The summed E-state index contributed by atoms with van der Waals surface area (Å²) in [4.78, 5) is 32.5. The maximum Gasteiger partial charge on any atom is 0.222 e. The summed E-state index contributed by atoms with van der Waals surface area (Å²) in [5, 5.41) is 3.84. The lowest BCUT2D eigenvalue weighted by Gasteiger charge is -2.03. The van der Waals surface area contributed by atoms with E-state index in [-0.39, 0.29) is 11.7 Å². The second-order valence-electron chi connectivity index (χ2n) is 5.34. The lowest BCUT2D eigenvalue weighted by molar-refractivity contribution is -0.114. The molecule has 0 spiro atoms. The van der Waals surface area contributed by atoms with Crippen LogP contribution in [0.5, 0.6) is 0 Å². The van der Waals surface area contributed by atoms with Crippen LogP contribution in [0.1, 0.15) is 23.5 Å². The molecule has 5 nitrogen and oxygen atoms in total. The first-order valence-electron chi connectivity index (χ1n) is 7.46. The normalized spacial score (nSPS) is 10.5. The number of carbonyl (C=O) groups excluding carboxylic acids is 2. The van der Waals surface area contributed by atoms with Gasteiger partial charge in [0.1, 0.15) is 10.8 Å². The van der Waals surface area contributed by atoms with Crippen molar-refractivity contribution in [2.75, 3.05) is 5.32 Å². The van der Waals surface area contributed by atoms with Crippen LogP contribution in [0.4, 0.5) is 5.82 Å². The molecule has 3 rings (SSSR count). The summed E-state index contributed by atoms with van der Waals surface area (Å²) in [6, 6.07) is 10.8. The zero-order chi connectivity index (χ0) is 18.0. The van der Waals surface area contributed by atoms with E-state index >= 15 is 0 Å². The number of carbonyl (C=O) groups is 2. The van der Waals surface area contributed by atoms with Crippen molar-refractivity contribution in [3.8, 4) is 21.8 Å². The van der Waals surface area contributed by atoms with E-state index in [2.05, 4.69) is 15.3 Å². The molecule has 7 heteroatoms. The Bertz CT molecular complexity index is 968. The number of Topliss-reactive ketones (excluding diaryl/α,β-unsaturated/α-hetero) is 1. The van der Waals surface area contributed by atoms with Crippen molar-refractivity contribution in [1.29, 1.82) is 0 Å². The number of aromatic nitrogens is 2. The quantitative estimate of drug-likeness (QED) is 0.675. The van der Waals surface area contributed by atoms with Gasteiger partial charge in [-0.25, -0.2) is 9.97 Å². The molecule has 2 heterocycles. The number of benzene rings is 1. The third-order valence-electron chi connectivity index (χ3n) is 3.39. The first kappa shape index (κ1) is 17.3. The topological polar surface area (TPSA) is 72.0 Å². The number of thiazole rings is 1. The minimum Gasteiger partial charge on any atom is -0.311 e. The Hall–Kier alpha value is -2.57. The van der Waals surface area contributed by atoms with Gasteiger partial charge in [0.05, 0.1) is 15.6 Å². The van der Waals surface area contributed by atoms with Crippen LogP contribution in [-0.2, 0) is 4.79 Å². The van der Waals surface area contributed by atoms with Crippen molar-refractivity contribution < 1.29 is 9.59 Å². The van der Waals surface area contributed by atoms with Crippen LogP contribution < -0.4 is 5.32 Å². The molecule has 1 amide bonds. The van der Waals surface area contributed by atoms with Crippen molar-refractivity contribution >= 4 is 40.4 Å². The molecule has 2 aromatic heterocycles. The number of nitrogens with zero attached hydrogens (tertiary/aromatic N) is 2. The molecule has 126 valence electrons. The Balaban J connectivity index is 2.10. The third-order valence-corrected chi connectivity index (χ3v) is 4.92. The minimum absolute atomic E-state index is 0.0742. The van der Waals surface area contributed by atoms with E-state index in [0.717, 1.165) is 5.56 Å². The third kappa shape index (κ3) is 3.75. The van der Waals surface area contributed by atoms with Crippen LogP contribution in [0.2, 0.25) is 5.02 Å². The standard InChI is InChI=1S/C18H14ClN3O2S/c1-10(23)17-16(13-5-3-4-6-14(13)19)22-18(25-17)12-7-8-20-15(9-12)21-11(2)24/h3-9H,1-2H3,(H,20,21,24). The highest BCUT2D eigenvalue weighted by molar-refractivity contribution is 7.17. The molecule has 0 atom stereocenters. The summed E-state index contributed by atoms with van der Waals surface area (Å²) in [6.45, 7) is 2.92. The van der Waals surface area contributed by atoms with Crippen molar-refractivity contribution in [1.82, 2.24) is 9.97 Å². The Morgan fingerprint density at radius 3 is 2.60 bits per heavy atom. The van der Waals surface area contributed by atoms with E-state index in [0.29, 0.717) is 32.0 Å². The lowest BCUT2D eigenvalue weighted by Crippen LogP contribution is -2.07. The van der Waals surface area contributed by atoms with E-state index in [4.69, 9.17) is 11.6 Å². The number of amides is 1. The minimum atomic E-state index is -0.204. The second-order valence-corrected chi connectivity index (χ2v) is 6.75. The molecule has 0 radical (unpaired) electrons. The summed E-state index contributed by atoms with van der Waals surface area (Å²) in [5.41, 5.74) is 2.05. The van der Waals surface area contributed by atoms with Crippen LogP contribution in [0.25, 0.3) is 21.8 Å². The molecule has 0 aliphatic carbocycles. The van der Waals surface area contributed by atoms with E-state index in [1.165, 1.54) is 25.2 Å².